The number of esters is 1. The molecule has 0 saturated carbocycles. The summed E-state index contributed by atoms with van der Waals surface area (Å²) >= 11 is 0. The maximum Gasteiger partial charge on any atom is 0.410 e. The van der Waals surface area contributed by atoms with Crippen LogP contribution in [0.1, 0.15) is 66.2 Å². The molecule has 1 N–H and O–H groups in total. The van der Waals surface area contributed by atoms with Crippen LogP contribution in [0.25, 0.3) is 0 Å². The molecule has 2 aliphatic heterocycles. The van der Waals surface area contributed by atoms with Crippen molar-refractivity contribution in [1.82, 2.24) is 15.1 Å². The van der Waals surface area contributed by atoms with Gasteiger partial charge in [-0.3, -0.25) is 14.4 Å². The number of nitrogens with zero attached hydrogens (tertiary/aromatic N) is 2. The van der Waals surface area contributed by atoms with Crippen LogP contribution in [-0.4, -0.2) is 78.1 Å². The third kappa shape index (κ3) is 9.92. The minimum Gasteiger partial charge on any atom is -0.466 e. The van der Waals surface area contributed by atoms with Gasteiger partial charge in [0.2, 0.25) is 11.8 Å². The number of carbonyl (C=O) groups is 4. The van der Waals surface area contributed by atoms with Crippen LogP contribution in [0.2, 0.25) is 0 Å². The Labute approximate surface area is 214 Å². The standard InChI is InChI=1S/C27H41N3O6/c1-6-22(17-24(32)35-7-2)28-25(33)21-13-10-15-29(19-21)23(31)14-8-11-20-12-9-16-30(18-20)26(34)36-27(3,4)5/h1,8,14,20-22H,7,9-13,15-19H2,2-5H3,(H,28,33)/b14-8+/t20?,21-,22?/m1/s1. The second-order valence-corrected chi connectivity index (χ2v) is 10.4. The van der Waals surface area contributed by atoms with Gasteiger partial charge in [0.25, 0.3) is 0 Å². The Kier molecular flexibility index (Phi) is 11.3. The predicted molar refractivity (Wildman–Crippen MR) is 136 cm³/mol. The molecule has 2 aliphatic rings. The second kappa shape index (κ2) is 13.9. The van der Waals surface area contributed by atoms with Crippen molar-refractivity contribution < 1.29 is 28.7 Å². The van der Waals surface area contributed by atoms with E-state index in [0.29, 0.717) is 45.4 Å². The predicted octanol–water partition coefficient (Wildman–Crippen LogP) is 2.89. The molecule has 2 saturated heterocycles. The Balaban J connectivity index is 1.82. The zero-order valence-electron chi connectivity index (χ0n) is 22.1. The number of piperidine rings is 2. The van der Waals surface area contributed by atoms with Crippen molar-refractivity contribution in [2.75, 3.05) is 32.8 Å². The smallest absolute Gasteiger partial charge is 0.410 e. The number of carbonyl (C=O) groups excluding carboxylic acids is 4. The van der Waals surface area contributed by atoms with Gasteiger partial charge >= 0.3 is 12.1 Å². The molecule has 0 bridgehead atoms. The molecule has 9 heteroatoms. The van der Waals surface area contributed by atoms with Gasteiger partial charge in [-0.05, 0) is 71.8 Å². The second-order valence-electron chi connectivity index (χ2n) is 10.4. The van der Waals surface area contributed by atoms with Crippen LogP contribution < -0.4 is 5.32 Å². The van der Waals surface area contributed by atoms with Gasteiger partial charge in [0, 0.05) is 26.2 Å². The lowest BCUT2D eigenvalue weighted by atomic mass is 9.94. The van der Waals surface area contributed by atoms with Crippen molar-refractivity contribution in [3.05, 3.63) is 12.2 Å². The molecule has 2 unspecified atom stereocenters. The van der Waals surface area contributed by atoms with Crippen molar-refractivity contribution >= 4 is 23.9 Å². The first-order chi connectivity index (χ1) is 17.0. The Hall–Kier alpha value is -3.02. The maximum atomic E-state index is 12.8. The van der Waals surface area contributed by atoms with E-state index >= 15 is 0 Å². The first-order valence-electron chi connectivity index (χ1n) is 12.9. The topological polar surface area (TPSA) is 105 Å². The minimum atomic E-state index is -0.738. The van der Waals surface area contributed by atoms with E-state index in [1.165, 1.54) is 0 Å². The molecule has 2 heterocycles. The molecule has 2 rings (SSSR count). The molecule has 3 amide bonds. The molecule has 2 fully saturated rings. The van der Waals surface area contributed by atoms with Crippen LogP contribution >= 0.6 is 0 Å². The molecule has 200 valence electrons. The van der Waals surface area contributed by atoms with E-state index in [4.69, 9.17) is 15.9 Å². The number of terminal acetylenes is 1. The molecular weight excluding hydrogens is 462 g/mol. The van der Waals surface area contributed by atoms with E-state index in [1.54, 1.807) is 22.8 Å². The van der Waals surface area contributed by atoms with Crippen molar-refractivity contribution in [3.8, 4) is 12.3 Å². The van der Waals surface area contributed by atoms with Crippen LogP contribution in [0, 0.1) is 24.2 Å². The zero-order valence-corrected chi connectivity index (χ0v) is 22.1. The third-order valence-corrected chi connectivity index (χ3v) is 6.20. The number of amides is 3. The lowest BCUT2D eigenvalue weighted by molar-refractivity contribution is -0.143. The fourth-order valence-corrected chi connectivity index (χ4v) is 4.44. The molecule has 0 aromatic rings. The molecule has 0 aliphatic carbocycles. The summed E-state index contributed by atoms with van der Waals surface area (Å²) in [6, 6.07) is -0.738. The van der Waals surface area contributed by atoms with Crippen molar-refractivity contribution in [2.45, 2.75) is 77.9 Å². The zero-order chi connectivity index (χ0) is 26.7. The highest BCUT2D eigenvalue weighted by Crippen LogP contribution is 2.22. The Morgan fingerprint density at radius 1 is 1.11 bits per heavy atom. The molecule has 0 radical (unpaired) electrons. The monoisotopic (exact) mass is 503 g/mol. The van der Waals surface area contributed by atoms with Crippen molar-refractivity contribution in [2.24, 2.45) is 11.8 Å². The van der Waals surface area contributed by atoms with Gasteiger partial charge in [-0.15, -0.1) is 6.42 Å². The van der Waals surface area contributed by atoms with Gasteiger partial charge in [0.05, 0.1) is 18.9 Å². The third-order valence-electron chi connectivity index (χ3n) is 6.20. The number of ether oxygens (including phenoxy) is 2. The molecule has 0 aromatic carbocycles. The number of likely N-dealkylation sites (tertiary alicyclic amines) is 2. The Morgan fingerprint density at radius 2 is 1.81 bits per heavy atom. The summed E-state index contributed by atoms with van der Waals surface area (Å²) in [4.78, 5) is 52.9. The molecular formula is C27H41N3O6. The van der Waals surface area contributed by atoms with Gasteiger partial charge in [-0.1, -0.05) is 12.0 Å². The fraction of sp³-hybridized carbons (Fsp3) is 0.704. The first-order valence-corrected chi connectivity index (χ1v) is 12.9. The van der Waals surface area contributed by atoms with Gasteiger partial charge in [-0.25, -0.2) is 4.79 Å². The summed E-state index contributed by atoms with van der Waals surface area (Å²) in [6.07, 6.45) is 12.5. The van der Waals surface area contributed by atoms with E-state index in [1.807, 2.05) is 26.8 Å². The van der Waals surface area contributed by atoms with Crippen molar-refractivity contribution in [3.63, 3.8) is 0 Å². The highest BCUT2D eigenvalue weighted by atomic mass is 16.6. The molecule has 3 atom stereocenters. The number of rotatable bonds is 8. The van der Waals surface area contributed by atoms with E-state index in [0.717, 1.165) is 12.8 Å². The van der Waals surface area contributed by atoms with Crippen molar-refractivity contribution in [1.29, 1.82) is 0 Å². The average Bonchev–Trinajstić information content (AvgIpc) is 2.82. The molecule has 0 aromatic heterocycles. The lowest BCUT2D eigenvalue weighted by Crippen LogP contribution is -2.47. The van der Waals surface area contributed by atoms with E-state index in [-0.39, 0.29) is 42.8 Å². The average molecular weight is 504 g/mol. The van der Waals surface area contributed by atoms with Gasteiger partial charge in [0.15, 0.2) is 0 Å². The number of hydrogen-bond donors (Lipinski definition) is 1. The molecule has 0 spiro atoms. The lowest BCUT2D eigenvalue weighted by Gasteiger charge is -2.34. The van der Waals surface area contributed by atoms with Crippen LogP contribution in [-0.2, 0) is 23.9 Å². The quantitative estimate of drug-likeness (QED) is 0.310. The fourth-order valence-electron chi connectivity index (χ4n) is 4.44. The van der Waals surface area contributed by atoms with Gasteiger partial charge in [-0.2, -0.15) is 0 Å². The van der Waals surface area contributed by atoms with Gasteiger partial charge < -0.3 is 24.6 Å². The van der Waals surface area contributed by atoms with E-state index < -0.39 is 17.6 Å². The molecule has 9 nitrogen and oxygen atoms in total. The first kappa shape index (κ1) is 29.2. The SMILES string of the molecule is C#CC(CC(=O)OCC)NC(=O)[C@@H]1CCCN(C(=O)/C=C/CC2CCCN(C(=O)OC(C)(C)C)C2)C1. The highest BCUT2D eigenvalue weighted by molar-refractivity contribution is 5.88. The number of allylic oxidation sites excluding steroid dienone is 1. The Morgan fingerprint density at radius 3 is 2.47 bits per heavy atom. The summed E-state index contributed by atoms with van der Waals surface area (Å²) in [7, 11) is 0. The van der Waals surface area contributed by atoms with Crippen LogP contribution in [0.3, 0.4) is 0 Å². The summed E-state index contributed by atoms with van der Waals surface area (Å²) in [5, 5.41) is 2.72. The summed E-state index contributed by atoms with van der Waals surface area (Å²) in [6.45, 7) is 9.71. The highest BCUT2D eigenvalue weighted by Gasteiger charge is 2.30. The maximum absolute atomic E-state index is 12.8. The normalized spacial score (nSPS) is 21.4. The van der Waals surface area contributed by atoms with Gasteiger partial charge in [0.1, 0.15) is 11.6 Å². The Bertz CT molecular complexity index is 857. The van der Waals surface area contributed by atoms with E-state index in [2.05, 4.69) is 11.2 Å². The van der Waals surface area contributed by atoms with Crippen LogP contribution in [0.4, 0.5) is 4.79 Å². The van der Waals surface area contributed by atoms with E-state index in [9.17, 15) is 19.2 Å². The summed E-state index contributed by atoms with van der Waals surface area (Å²) in [5.41, 5.74) is -0.526. The van der Waals surface area contributed by atoms with Crippen LogP contribution in [0.5, 0.6) is 0 Å². The number of hydrogen-bond acceptors (Lipinski definition) is 6. The summed E-state index contributed by atoms with van der Waals surface area (Å²) < 4.78 is 10.4. The number of nitrogens with one attached hydrogen (secondary N) is 1. The largest absolute Gasteiger partial charge is 0.466 e. The minimum absolute atomic E-state index is 0.0826. The molecule has 36 heavy (non-hydrogen) atoms. The van der Waals surface area contributed by atoms with Crippen LogP contribution in [0.15, 0.2) is 12.2 Å². The summed E-state index contributed by atoms with van der Waals surface area (Å²) in [5.74, 6) is 1.46.